The van der Waals surface area contributed by atoms with Crippen LogP contribution in [0.5, 0.6) is 0 Å². The van der Waals surface area contributed by atoms with Gasteiger partial charge in [-0.15, -0.1) is 0 Å². The van der Waals surface area contributed by atoms with Gasteiger partial charge in [0, 0.05) is 19.2 Å². The maximum absolute atomic E-state index is 11.2. The van der Waals surface area contributed by atoms with E-state index >= 15 is 0 Å². The molecule has 88 valence electrons. The third-order valence-corrected chi connectivity index (χ3v) is 2.96. The standard InChI is InChI=1S/C11H17N3O2/c1-7-3-8(2)6-14(5-7)9-4-10(15)13-11(16)12-9/h4,7-8H,3,5-6H2,1-2H3,(H2,12,13,15,16)/t7-,8-/m1/s1. The van der Waals surface area contributed by atoms with Crippen LogP contribution < -0.4 is 16.1 Å². The van der Waals surface area contributed by atoms with Gasteiger partial charge in [0.2, 0.25) is 0 Å². The molecule has 0 radical (unpaired) electrons. The highest BCUT2D eigenvalue weighted by Crippen LogP contribution is 2.23. The van der Waals surface area contributed by atoms with Crippen molar-refractivity contribution in [3.63, 3.8) is 0 Å². The Kier molecular flexibility index (Phi) is 2.85. The van der Waals surface area contributed by atoms with Crippen molar-refractivity contribution in [2.24, 2.45) is 11.8 Å². The number of anilines is 1. The number of piperidine rings is 1. The van der Waals surface area contributed by atoms with Crippen molar-refractivity contribution >= 4 is 5.82 Å². The Hall–Kier alpha value is -1.52. The van der Waals surface area contributed by atoms with Crippen LogP contribution in [0.2, 0.25) is 0 Å². The van der Waals surface area contributed by atoms with E-state index in [1.807, 2.05) is 0 Å². The van der Waals surface area contributed by atoms with Crippen molar-refractivity contribution in [3.8, 4) is 0 Å². The number of rotatable bonds is 1. The van der Waals surface area contributed by atoms with Crippen LogP contribution in [-0.4, -0.2) is 23.1 Å². The lowest BCUT2D eigenvalue weighted by molar-refractivity contribution is 0.355. The first-order valence-corrected chi connectivity index (χ1v) is 5.63. The van der Waals surface area contributed by atoms with Crippen LogP contribution in [0.15, 0.2) is 15.7 Å². The van der Waals surface area contributed by atoms with Gasteiger partial charge in [0.05, 0.1) is 0 Å². The first-order chi connectivity index (χ1) is 7.54. The summed E-state index contributed by atoms with van der Waals surface area (Å²) in [4.78, 5) is 29.3. The number of nitrogens with one attached hydrogen (secondary N) is 2. The molecule has 2 atom stereocenters. The summed E-state index contributed by atoms with van der Waals surface area (Å²) in [6, 6.07) is 1.45. The van der Waals surface area contributed by atoms with Gasteiger partial charge in [-0.05, 0) is 18.3 Å². The maximum Gasteiger partial charge on any atom is 0.327 e. The molecule has 1 aromatic rings. The smallest absolute Gasteiger partial charge is 0.327 e. The summed E-state index contributed by atoms with van der Waals surface area (Å²) >= 11 is 0. The summed E-state index contributed by atoms with van der Waals surface area (Å²) in [7, 11) is 0. The molecule has 1 saturated heterocycles. The lowest BCUT2D eigenvalue weighted by Crippen LogP contribution is -2.40. The predicted molar refractivity (Wildman–Crippen MR) is 62.8 cm³/mol. The molecule has 1 aliphatic rings. The second kappa shape index (κ2) is 4.15. The molecule has 0 aromatic carbocycles. The summed E-state index contributed by atoms with van der Waals surface area (Å²) in [5.41, 5.74) is -0.780. The first kappa shape index (κ1) is 11.0. The SMILES string of the molecule is C[C@@H]1C[C@@H](C)CN(c2cc(=O)[nH]c(=O)[nH]2)C1. The third-order valence-electron chi connectivity index (χ3n) is 2.96. The molecule has 1 aliphatic heterocycles. The van der Waals surface area contributed by atoms with Crippen LogP contribution >= 0.6 is 0 Å². The van der Waals surface area contributed by atoms with E-state index in [2.05, 4.69) is 28.7 Å². The lowest BCUT2D eigenvalue weighted by Gasteiger charge is -2.35. The third kappa shape index (κ3) is 2.35. The normalized spacial score (nSPS) is 25.8. The monoisotopic (exact) mass is 223 g/mol. The van der Waals surface area contributed by atoms with E-state index in [-0.39, 0.29) is 5.56 Å². The van der Waals surface area contributed by atoms with Crippen LogP contribution in [0.4, 0.5) is 5.82 Å². The molecule has 0 saturated carbocycles. The zero-order valence-corrected chi connectivity index (χ0v) is 9.62. The Morgan fingerprint density at radius 2 is 1.81 bits per heavy atom. The second-order valence-corrected chi connectivity index (χ2v) is 4.82. The molecule has 0 unspecified atom stereocenters. The highest BCUT2D eigenvalue weighted by atomic mass is 16.2. The van der Waals surface area contributed by atoms with E-state index in [0.717, 1.165) is 13.1 Å². The molecule has 1 fully saturated rings. The predicted octanol–water partition coefficient (Wildman–Crippen LogP) is 0.545. The number of nitrogens with zero attached hydrogens (tertiary/aromatic N) is 1. The number of aromatic amines is 2. The Morgan fingerprint density at radius 3 is 2.38 bits per heavy atom. The largest absolute Gasteiger partial charge is 0.357 e. The molecule has 0 bridgehead atoms. The van der Waals surface area contributed by atoms with Gasteiger partial charge < -0.3 is 4.90 Å². The topological polar surface area (TPSA) is 69.0 Å². The van der Waals surface area contributed by atoms with Crippen molar-refractivity contribution in [1.29, 1.82) is 0 Å². The molecule has 16 heavy (non-hydrogen) atoms. The summed E-state index contributed by atoms with van der Waals surface area (Å²) in [6.07, 6.45) is 1.20. The number of hydrogen-bond donors (Lipinski definition) is 2. The van der Waals surface area contributed by atoms with E-state index in [4.69, 9.17) is 0 Å². The Balaban J connectivity index is 2.29. The van der Waals surface area contributed by atoms with Crippen molar-refractivity contribution in [2.45, 2.75) is 20.3 Å². The minimum atomic E-state index is -0.437. The summed E-state index contributed by atoms with van der Waals surface area (Å²) in [5.74, 6) is 1.81. The van der Waals surface area contributed by atoms with Crippen LogP contribution in [0.3, 0.4) is 0 Å². The van der Waals surface area contributed by atoms with Crippen molar-refractivity contribution in [2.75, 3.05) is 18.0 Å². The van der Waals surface area contributed by atoms with Gasteiger partial charge in [0.1, 0.15) is 5.82 Å². The van der Waals surface area contributed by atoms with Crippen LogP contribution in [0.25, 0.3) is 0 Å². The van der Waals surface area contributed by atoms with Gasteiger partial charge in [-0.25, -0.2) is 4.79 Å². The van der Waals surface area contributed by atoms with E-state index < -0.39 is 5.69 Å². The number of H-pyrrole nitrogens is 2. The highest BCUT2D eigenvalue weighted by Gasteiger charge is 2.22. The Morgan fingerprint density at radius 1 is 1.19 bits per heavy atom. The zero-order valence-electron chi connectivity index (χ0n) is 9.62. The summed E-state index contributed by atoms with van der Waals surface area (Å²) < 4.78 is 0. The van der Waals surface area contributed by atoms with Crippen LogP contribution in [0.1, 0.15) is 20.3 Å². The molecule has 1 aromatic heterocycles. The van der Waals surface area contributed by atoms with E-state index in [0.29, 0.717) is 17.7 Å². The van der Waals surface area contributed by atoms with Gasteiger partial charge in [0.15, 0.2) is 0 Å². The molecular formula is C11H17N3O2. The van der Waals surface area contributed by atoms with Gasteiger partial charge in [0.25, 0.3) is 5.56 Å². The zero-order chi connectivity index (χ0) is 11.7. The second-order valence-electron chi connectivity index (χ2n) is 4.82. The van der Waals surface area contributed by atoms with Crippen molar-refractivity contribution in [1.82, 2.24) is 9.97 Å². The van der Waals surface area contributed by atoms with E-state index in [1.54, 1.807) is 0 Å². The minimum Gasteiger partial charge on any atom is -0.357 e. The molecule has 5 nitrogen and oxygen atoms in total. The van der Waals surface area contributed by atoms with Gasteiger partial charge in [-0.2, -0.15) is 0 Å². The molecule has 2 rings (SSSR count). The minimum absolute atomic E-state index is 0.343. The van der Waals surface area contributed by atoms with Crippen LogP contribution in [-0.2, 0) is 0 Å². The average Bonchev–Trinajstić information content (AvgIpc) is 2.14. The van der Waals surface area contributed by atoms with E-state index in [1.165, 1.54) is 12.5 Å². The van der Waals surface area contributed by atoms with Gasteiger partial charge >= 0.3 is 5.69 Å². The average molecular weight is 223 g/mol. The molecular weight excluding hydrogens is 206 g/mol. The first-order valence-electron chi connectivity index (χ1n) is 5.63. The lowest BCUT2D eigenvalue weighted by atomic mass is 9.92. The molecule has 5 heteroatoms. The fourth-order valence-electron chi connectivity index (χ4n) is 2.49. The fourth-order valence-corrected chi connectivity index (χ4v) is 2.49. The number of hydrogen-bond acceptors (Lipinski definition) is 3. The molecule has 2 N–H and O–H groups in total. The maximum atomic E-state index is 11.2. The summed E-state index contributed by atoms with van der Waals surface area (Å²) in [5, 5.41) is 0. The molecule has 0 aliphatic carbocycles. The quantitative estimate of drug-likeness (QED) is 0.730. The van der Waals surface area contributed by atoms with Crippen molar-refractivity contribution in [3.05, 3.63) is 26.9 Å². The highest BCUT2D eigenvalue weighted by molar-refractivity contribution is 5.37. The number of aromatic nitrogens is 2. The molecule has 2 heterocycles. The Bertz CT molecular complexity index is 438. The van der Waals surface area contributed by atoms with Gasteiger partial charge in [-0.1, -0.05) is 13.8 Å². The fraction of sp³-hybridized carbons (Fsp3) is 0.636. The molecule has 0 amide bonds. The Labute approximate surface area is 93.5 Å². The summed E-state index contributed by atoms with van der Waals surface area (Å²) in [6.45, 7) is 6.16. The van der Waals surface area contributed by atoms with E-state index in [9.17, 15) is 9.59 Å². The van der Waals surface area contributed by atoms with Crippen LogP contribution in [0, 0.1) is 11.8 Å². The molecule has 0 spiro atoms. The van der Waals surface area contributed by atoms with Gasteiger partial charge in [-0.3, -0.25) is 14.8 Å². The van der Waals surface area contributed by atoms with Crippen molar-refractivity contribution < 1.29 is 0 Å².